The van der Waals surface area contributed by atoms with E-state index in [9.17, 15) is 9.59 Å². The average molecular weight is 182 g/mol. The standard InChI is InChI=1S/C11H18O2/c1-7(2)8(3)6-11(9(4)12)10(5)13/h6-7,11H,1-5H3. The van der Waals surface area contributed by atoms with Gasteiger partial charge in [0.05, 0.1) is 5.92 Å². The lowest BCUT2D eigenvalue weighted by Crippen LogP contribution is -2.17. The van der Waals surface area contributed by atoms with E-state index >= 15 is 0 Å². The van der Waals surface area contributed by atoms with E-state index in [1.54, 1.807) is 6.08 Å². The number of carbonyl (C=O) groups is 2. The molecule has 0 bridgehead atoms. The highest BCUT2D eigenvalue weighted by Crippen LogP contribution is 2.13. The van der Waals surface area contributed by atoms with Crippen LogP contribution in [0.2, 0.25) is 0 Å². The molecule has 0 unspecified atom stereocenters. The van der Waals surface area contributed by atoms with Crippen LogP contribution < -0.4 is 0 Å². The van der Waals surface area contributed by atoms with Gasteiger partial charge in [0, 0.05) is 0 Å². The lowest BCUT2D eigenvalue weighted by atomic mass is 9.94. The summed E-state index contributed by atoms with van der Waals surface area (Å²) in [7, 11) is 0. The third-order valence-electron chi connectivity index (χ3n) is 2.22. The van der Waals surface area contributed by atoms with Gasteiger partial charge in [0.2, 0.25) is 0 Å². The van der Waals surface area contributed by atoms with Crippen LogP contribution in [0.3, 0.4) is 0 Å². The molecule has 0 saturated carbocycles. The molecule has 0 aliphatic carbocycles. The number of Topliss-reactive ketones (excluding diaryl/α,β-unsaturated/α-hetero) is 2. The van der Waals surface area contributed by atoms with Gasteiger partial charge >= 0.3 is 0 Å². The van der Waals surface area contributed by atoms with Crippen LogP contribution in [-0.2, 0) is 9.59 Å². The first-order chi connectivity index (χ1) is 5.86. The summed E-state index contributed by atoms with van der Waals surface area (Å²) in [5, 5.41) is 0. The first-order valence-corrected chi connectivity index (χ1v) is 4.55. The smallest absolute Gasteiger partial charge is 0.144 e. The second-order valence-electron chi connectivity index (χ2n) is 3.76. The monoisotopic (exact) mass is 182 g/mol. The van der Waals surface area contributed by atoms with E-state index in [1.807, 2.05) is 20.8 Å². The molecule has 0 radical (unpaired) electrons. The summed E-state index contributed by atoms with van der Waals surface area (Å²) < 4.78 is 0. The zero-order valence-corrected chi connectivity index (χ0v) is 9.05. The number of hydrogen-bond donors (Lipinski definition) is 0. The molecule has 0 fully saturated rings. The summed E-state index contributed by atoms with van der Waals surface area (Å²) in [6.45, 7) is 8.95. The highest BCUT2D eigenvalue weighted by atomic mass is 16.1. The number of ketones is 2. The third kappa shape index (κ3) is 4.02. The van der Waals surface area contributed by atoms with Crippen molar-refractivity contribution >= 4 is 11.6 Å². The highest BCUT2D eigenvalue weighted by Gasteiger charge is 2.16. The minimum atomic E-state index is -0.539. The molecule has 0 amide bonds. The Morgan fingerprint density at radius 1 is 1.00 bits per heavy atom. The summed E-state index contributed by atoms with van der Waals surface area (Å²) in [5.41, 5.74) is 1.09. The molecule has 74 valence electrons. The van der Waals surface area contributed by atoms with E-state index in [4.69, 9.17) is 0 Å². The molecule has 0 aromatic carbocycles. The van der Waals surface area contributed by atoms with E-state index in [-0.39, 0.29) is 11.6 Å². The Kier molecular flexibility index (Phi) is 4.60. The van der Waals surface area contributed by atoms with Crippen LogP contribution in [0.1, 0.15) is 34.6 Å². The predicted molar refractivity (Wildman–Crippen MR) is 53.4 cm³/mol. The number of hydrogen-bond acceptors (Lipinski definition) is 2. The lowest BCUT2D eigenvalue weighted by molar-refractivity contribution is -0.128. The predicted octanol–water partition coefficient (Wildman–Crippen LogP) is 2.38. The Hall–Kier alpha value is -0.920. The van der Waals surface area contributed by atoms with Gasteiger partial charge in [0.1, 0.15) is 11.6 Å². The van der Waals surface area contributed by atoms with Crippen molar-refractivity contribution in [3.8, 4) is 0 Å². The SMILES string of the molecule is CC(=O)C(C=C(C)C(C)C)C(C)=O. The van der Waals surface area contributed by atoms with Gasteiger partial charge in [0.15, 0.2) is 0 Å². The van der Waals surface area contributed by atoms with Gasteiger partial charge < -0.3 is 0 Å². The Labute approximate surface area is 80.0 Å². The molecular weight excluding hydrogens is 164 g/mol. The number of allylic oxidation sites excluding steroid dienone is 2. The molecule has 0 aliphatic heterocycles. The van der Waals surface area contributed by atoms with Crippen LogP contribution in [0.25, 0.3) is 0 Å². The molecule has 2 heteroatoms. The molecule has 0 aromatic rings. The molecule has 0 aliphatic rings. The van der Waals surface area contributed by atoms with E-state index in [2.05, 4.69) is 0 Å². The Balaban J connectivity index is 4.70. The van der Waals surface area contributed by atoms with Gasteiger partial charge in [-0.1, -0.05) is 25.5 Å². The van der Waals surface area contributed by atoms with Gasteiger partial charge in [0.25, 0.3) is 0 Å². The zero-order chi connectivity index (χ0) is 10.6. The highest BCUT2D eigenvalue weighted by molar-refractivity contribution is 6.02. The van der Waals surface area contributed by atoms with Crippen molar-refractivity contribution in [2.75, 3.05) is 0 Å². The van der Waals surface area contributed by atoms with Crippen LogP contribution in [0, 0.1) is 11.8 Å². The molecule has 0 aromatic heterocycles. The lowest BCUT2D eigenvalue weighted by Gasteiger charge is -2.09. The third-order valence-corrected chi connectivity index (χ3v) is 2.22. The van der Waals surface area contributed by atoms with Gasteiger partial charge in [-0.25, -0.2) is 0 Å². The molecule has 2 nitrogen and oxygen atoms in total. The van der Waals surface area contributed by atoms with E-state index < -0.39 is 5.92 Å². The maximum absolute atomic E-state index is 11.1. The molecular formula is C11H18O2. The fourth-order valence-corrected chi connectivity index (χ4v) is 0.976. The fourth-order valence-electron chi connectivity index (χ4n) is 0.976. The zero-order valence-electron chi connectivity index (χ0n) is 9.05. The number of rotatable bonds is 4. The van der Waals surface area contributed by atoms with Gasteiger partial charge in [-0.2, -0.15) is 0 Å². The fraction of sp³-hybridized carbons (Fsp3) is 0.636. The van der Waals surface area contributed by atoms with E-state index in [1.165, 1.54) is 13.8 Å². The van der Waals surface area contributed by atoms with Gasteiger partial charge in [-0.05, 0) is 26.7 Å². The molecule has 13 heavy (non-hydrogen) atoms. The summed E-state index contributed by atoms with van der Waals surface area (Å²) in [4.78, 5) is 22.2. The maximum atomic E-state index is 11.1. The van der Waals surface area contributed by atoms with Crippen molar-refractivity contribution in [1.29, 1.82) is 0 Å². The maximum Gasteiger partial charge on any atom is 0.144 e. The first-order valence-electron chi connectivity index (χ1n) is 4.55. The van der Waals surface area contributed by atoms with Crippen LogP contribution >= 0.6 is 0 Å². The van der Waals surface area contributed by atoms with Gasteiger partial charge in [-0.15, -0.1) is 0 Å². The normalized spacial score (nSPS) is 12.4. The molecule has 0 atom stereocenters. The minimum absolute atomic E-state index is 0.0764. The quantitative estimate of drug-likeness (QED) is 0.494. The van der Waals surface area contributed by atoms with Crippen molar-refractivity contribution in [1.82, 2.24) is 0 Å². The Morgan fingerprint density at radius 2 is 1.38 bits per heavy atom. The summed E-state index contributed by atoms with van der Waals surface area (Å²) in [6, 6.07) is 0. The molecule has 0 saturated heterocycles. The van der Waals surface area contributed by atoms with Gasteiger partial charge in [-0.3, -0.25) is 9.59 Å². The number of carbonyl (C=O) groups excluding carboxylic acids is 2. The van der Waals surface area contributed by atoms with Crippen molar-refractivity contribution in [2.45, 2.75) is 34.6 Å². The minimum Gasteiger partial charge on any atom is -0.299 e. The summed E-state index contributed by atoms with van der Waals surface area (Å²) in [6.07, 6.45) is 1.77. The average Bonchev–Trinajstić information content (AvgIpc) is 1.97. The van der Waals surface area contributed by atoms with Crippen molar-refractivity contribution in [2.24, 2.45) is 11.8 Å². The summed E-state index contributed by atoms with van der Waals surface area (Å²) >= 11 is 0. The molecule has 0 rings (SSSR count). The van der Waals surface area contributed by atoms with Crippen LogP contribution in [0.15, 0.2) is 11.6 Å². The van der Waals surface area contributed by atoms with Crippen LogP contribution in [-0.4, -0.2) is 11.6 Å². The molecule has 0 spiro atoms. The van der Waals surface area contributed by atoms with Crippen molar-refractivity contribution < 1.29 is 9.59 Å². The molecule has 0 heterocycles. The molecule has 0 N–H and O–H groups in total. The van der Waals surface area contributed by atoms with E-state index in [0.717, 1.165) is 5.57 Å². The second kappa shape index (κ2) is 4.95. The Morgan fingerprint density at radius 3 is 1.62 bits per heavy atom. The second-order valence-corrected chi connectivity index (χ2v) is 3.76. The largest absolute Gasteiger partial charge is 0.299 e. The summed E-state index contributed by atoms with van der Waals surface area (Å²) in [5.74, 6) is -0.302. The van der Waals surface area contributed by atoms with Crippen molar-refractivity contribution in [3.05, 3.63) is 11.6 Å². The first kappa shape index (κ1) is 12.1. The Bertz CT molecular complexity index is 222. The van der Waals surface area contributed by atoms with E-state index in [0.29, 0.717) is 5.92 Å². The topological polar surface area (TPSA) is 34.1 Å². The van der Waals surface area contributed by atoms with Crippen LogP contribution in [0.5, 0.6) is 0 Å². The van der Waals surface area contributed by atoms with Crippen LogP contribution in [0.4, 0.5) is 0 Å². The van der Waals surface area contributed by atoms with Crippen molar-refractivity contribution in [3.63, 3.8) is 0 Å².